The maximum absolute atomic E-state index is 8.85. The van der Waals surface area contributed by atoms with Gasteiger partial charge in [0.2, 0.25) is 0 Å². The molecule has 0 radical (unpaired) electrons. The van der Waals surface area contributed by atoms with E-state index >= 15 is 0 Å². The Morgan fingerprint density at radius 3 is 2.79 bits per heavy atom. The second kappa shape index (κ2) is 3.67. The van der Waals surface area contributed by atoms with Crippen molar-refractivity contribution in [3.63, 3.8) is 0 Å². The highest BCUT2D eigenvalue weighted by Crippen LogP contribution is 2.43. The van der Waals surface area contributed by atoms with E-state index in [4.69, 9.17) is 9.84 Å². The first-order valence-corrected chi connectivity index (χ1v) is 4.96. The Morgan fingerprint density at radius 2 is 2.29 bits per heavy atom. The van der Waals surface area contributed by atoms with Crippen LogP contribution in [-0.4, -0.2) is 16.9 Å². The summed E-state index contributed by atoms with van der Waals surface area (Å²) in [5.41, 5.74) is 1.65. The minimum absolute atomic E-state index is 0.227. The molecule has 1 fully saturated rings. The van der Waals surface area contributed by atoms with Gasteiger partial charge in [0.25, 0.3) is 0 Å². The molecule has 1 aromatic rings. The van der Waals surface area contributed by atoms with Gasteiger partial charge in [0.1, 0.15) is 12.4 Å². The molecule has 1 N–H and O–H groups in total. The normalized spacial score (nSPS) is 19.0. The van der Waals surface area contributed by atoms with Crippen molar-refractivity contribution in [2.75, 3.05) is 6.79 Å². The lowest BCUT2D eigenvalue weighted by Gasteiger charge is -2.40. The van der Waals surface area contributed by atoms with Gasteiger partial charge in [-0.3, -0.25) is 4.98 Å². The molecule has 1 aromatic heterocycles. The summed E-state index contributed by atoms with van der Waals surface area (Å²) >= 11 is 0. The lowest BCUT2D eigenvalue weighted by Crippen LogP contribution is -2.38. The summed E-state index contributed by atoms with van der Waals surface area (Å²) in [5.74, 6) is 0. The van der Waals surface area contributed by atoms with Gasteiger partial charge in [-0.2, -0.15) is 0 Å². The Hall–Kier alpha value is -0.930. The zero-order valence-corrected chi connectivity index (χ0v) is 8.36. The van der Waals surface area contributed by atoms with Crippen LogP contribution in [0.5, 0.6) is 0 Å². The molecule has 0 amide bonds. The highest BCUT2D eigenvalue weighted by molar-refractivity contribution is 5.19. The molecule has 14 heavy (non-hydrogen) atoms. The number of aliphatic hydroxyl groups is 1. The summed E-state index contributed by atoms with van der Waals surface area (Å²) in [6.45, 7) is 1.74. The fraction of sp³-hybridized carbons (Fsp3) is 0.545. The number of hydrogen-bond donors (Lipinski definition) is 1. The first kappa shape index (κ1) is 9.62. The number of ether oxygens (including phenoxy) is 1. The van der Waals surface area contributed by atoms with E-state index in [0.717, 1.165) is 30.7 Å². The van der Waals surface area contributed by atoms with Crippen LogP contribution < -0.4 is 0 Å². The van der Waals surface area contributed by atoms with E-state index in [9.17, 15) is 0 Å². The standard InChI is InChI=1S/C11H15NO2/c1-9-4-2-5-10(12-9)11(14-8-13)6-3-7-11/h2,4-5,13H,3,6-8H2,1H3. The van der Waals surface area contributed by atoms with Gasteiger partial charge in [0.15, 0.2) is 0 Å². The Bertz CT molecular complexity index is 321. The topological polar surface area (TPSA) is 42.4 Å². The number of nitrogens with zero attached hydrogens (tertiary/aromatic N) is 1. The molecule has 0 atom stereocenters. The van der Waals surface area contributed by atoms with Crippen molar-refractivity contribution >= 4 is 0 Å². The molecule has 0 aliphatic heterocycles. The average molecular weight is 193 g/mol. The molecule has 0 bridgehead atoms. The third kappa shape index (κ3) is 1.53. The van der Waals surface area contributed by atoms with Gasteiger partial charge in [-0.05, 0) is 38.3 Å². The van der Waals surface area contributed by atoms with Gasteiger partial charge < -0.3 is 9.84 Å². The Balaban J connectivity index is 2.27. The second-order valence-corrected chi connectivity index (χ2v) is 3.79. The van der Waals surface area contributed by atoms with Gasteiger partial charge in [-0.1, -0.05) is 6.07 Å². The summed E-state index contributed by atoms with van der Waals surface area (Å²) in [6, 6.07) is 5.93. The number of rotatable bonds is 3. The van der Waals surface area contributed by atoms with E-state index < -0.39 is 0 Å². The van der Waals surface area contributed by atoms with E-state index in [1.807, 2.05) is 25.1 Å². The lowest BCUT2D eigenvalue weighted by atomic mass is 9.77. The maximum Gasteiger partial charge on any atom is 0.144 e. The van der Waals surface area contributed by atoms with E-state index in [1.165, 1.54) is 0 Å². The van der Waals surface area contributed by atoms with E-state index in [-0.39, 0.29) is 12.4 Å². The maximum atomic E-state index is 8.85. The molecule has 0 saturated heterocycles. The molecule has 0 unspecified atom stereocenters. The summed E-state index contributed by atoms with van der Waals surface area (Å²) in [7, 11) is 0. The van der Waals surface area contributed by atoms with Crippen LogP contribution in [-0.2, 0) is 10.3 Å². The molecule has 1 heterocycles. The van der Waals surface area contributed by atoms with Crippen molar-refractivity contribution in [2.45, 2.75) is 31.8 Å². The monoisotopic (exact) mass is 193 g/mol. The van der Waals surface area contributed by atoms with Crippen LogP contribution in [0.1, 0.15) is 30.7 Å². The molecule has 1 saturated carbocycles. The van der Waals surface area contributed by atoms with Crippen molar-refractivity contribution in [2.24, 2.45) is 0 Å². The summed E-state index contributed by atoms with van der Waals surface area (Å²) < 4.78 is 5.40. The van der Waals surface area contributed by atoms with Crippen LogP contribution in [0, 0.1) is 6.92 Å². The molecule has 1 aliphatic rings. The number of aromatic nitrogens is 1. The Morgan fingerprint density at radius 1 is 1.50 bits per heavy atom. The van der Waals surface area contributed by atoms with Crippen molar-refractivity contribution in [3.8, 4) is 0 Å². The van der Waals surface area contributed by atoms with Gasteiger partial charge >= 0.3 is 0 Å². The van der Waals surface area contributed by atoms with Crippen LogP contribution in [0.25, 0.3) is 0 Å². The third-order valence-electron chi connectivity index (χ3n) is 2.86. The highest BCUT2D eigenvalue weighted by atomic mass is 16.6. The number of hydrogen-bond acceptors (Lipinski definition) is 3. The molecule has 0 spiro atoms. The SMILES string of the molecule is Cc1cccc(C2(OCO)CCC2)n1. The third-order valence-corrected chi connectivity index (χ3v) is 2.86. The Kier molecular flexibility index (Phi) is 2.52. The largest absolute Gasteiger partial charge is 0.371 e. The van der Waals surface area contributed by atoms with E-state index in [0.29, 0.717) is 0 Å². The van der Waals surface area contributed by atoms with Crippen molar-refractivity contribution < 1.29 is 9.84 Å². The fourth-order valence-electron chi connectivity index (χ4n) is 1.89. The quantitative estimate of drug-likeness (QED) is 0.743. The second-order valence-electron chi connectivity index (χ2n) is 3.79. The number of aliphatic hydroxyl groups excluding tert-OH is 1. The summed E-state index contributed by atoms with van der Waals surface area (Å²) in [4.78, 5) is 4.45. The predicted octanol–water partition coefficient (Wildman–Crippen LogP) is 1.74. The van der Waals surface area contributed by atoms with Crippen LogP contribution in [0.15, 0.2) is 18.2 Å². The highest BCUT2D eigenvalue weighted by Gasteiger charge is 2.41. The molecule has 1 aliphatic carbocycles. The molecule has 3 nitrogen and oxygen atoms in total. The number of pyridine rings is 1. The average Bonchev–Trinajstić information content (AvgIpc) is 2.11. The Labute approximate surface area is 83.7 Å². The lowest BCUT2D eigenvalue weighted by molar-refractivity contribution is -0.163. The van der Waals surface area contributed by atoms with Crippen LogP contribution >= 0.6 is 0 Å². The fourth-order valence-corrected chi connectivity index (χ4v) is 1.89. The molecular formula is C11H15NO2. The van der Waals surface area contributed by atoms with E-state index in [2.05, 4.69) is 4.98 Å². The van der Waals surface area contributed by atoms with Gasteiger partial charge in [0.05, 0.1) is 5.69 Å². The van der Waals surface area contributed by atoms with Gasteiger partial charge in [0, 0.05) is 5.69 Å². The minimum atomic E-state index is -0.305. The first-order chi connectivity index (χ1) is 6.77. The predicted molar refractivity (Wildman–Crippen MR) is 52.7 cm³/mol. The smallest absolute Gasteiger partial charge is 0.144 e. The minimum Gasteiger partial charge on any atom is -0.371 e. The molecule has 3 heteroatoms. The zero-order chi connectivity index (χ0) is 10.0. The van der Waals surface area contributed by atoms with Crippen LogP contribution in [0.3, 0.4) is 0 Å². The summed E-state index contributed by atoms with van der Waals surface area (Å²) in [5, 5.41) is 8.85. The molecule has 2 rings (SSSR count). The molecule has 76 valence electrons. The van der Waals surface area contributed by atoms with E-state index in [1.54, 1.807) is 0 Å². The van der Waals surface area contributed by atoms with Crippen molar-refractivity contribution in [1.82, 2.24) is 4.98 Å². The first-order valence-electron chi connectivity index (χ1n) is 4.96. The zero-order valence-electron chi connectivity index (χ0n) is 8.36. The number of aryl methyl sites for hydroxylation is 1. The van der Waals surface area contributed by atoms with Crippen molar-refractivity contribution in [1.29, 1.82) is 0 Å². The van der Waals surface area contributed by atoms with Crippen molar-refractivity contribution in [3.05, 3.63) is 29.6 Å². The van der Waals surface area contributed by atoms with Gasteiger partial charge in [-0.15, -0.1) is 0 Å². The summed E-state index contributed by atoms with van der Waals surface area (Å²) in [6.07, 6.45) is 3.07. The molecular weight excluding hydrogens is 178 g/mol. The van der Waals surface area contributed by atoms with Gasteiger partial charge in [-0.25, -0.2) is 0 Å². The van der Waals surface area contributed by atoms with Crippen LogP contribution in [0.4, 0.5) is 0 Å². The molecule has 0 aromatic carbocycles. The van der Waals surface area contributed by atoms with Crippen LogP contribution in [0.2, 0.25) is 0 Å².